The van der Waals surface area contributed by atoms with Crippen LogP contribution < -0.4 is 0 Å². The van der Waals surface area contributed by atoms with Gasteiger partial charge < -0.3 is 9.57 Å². The topological polar surface area (TPSA) is 55.8 Å². The van der Waals surface area contributed by atoms with Crippen LogP contribution in [0, 0.1) is 17.8 Å². The van der Waals surface area contributed by atoms with E-state index in [-0.39, 0.29) is 5.54 Å². The van der Waals surface area contributed by atoms with Gasteiger partial charge in [-0.1, -0.05) is 0 Å². The molecule has 0 saturated heterocycles. The summed E-state index contributed by atoms with van der Waals surface area (Å²) in [5, 5.41) is 1.26. The summed E-state index contributed by atoms with van der Waals surface area (Å²) in [6, 6.07) is 0. The minimum Gasteiger partial charge on any atom is -0.442 e. The van der Waals surface area contributed by atoms with Gasteiger partial charge >= 0.3 is 12.6 Å². The summed E-state index contributed by atoms with van der Waals surface area (Å²) in [4.78, 5) is 28.5. The monoisotopic (exact) mass is 295 g/mol. The molecule has 4 saturated carbocycles. The molecule has 0 unspecified atom stereocenters. The Morgan fingerprint density at radius 2 is 1.57 bits per heavy atom. The molecule has 4 aliphatic carbocycles. The fourth-order valence-electron chi connectivity index (χ4n) is 5.01. The van der Waals surface area contributed by atoms with Crippen molar-refractivity contribution in [2.24, 2.45) is 17.8 Å². The first-order chi connectivity index (χ1) is 9.81. The van der Waals surface area contributed by atoms with Crippen molar-refractivity contribution in [2.75, 3.05) is 0 Å². The molecule has 4 fully saturated rings. The Kier molecular flexibility index (Phi) is 3.41. The highest BCUT2D eigenvalue weighted by molar-refractivity contribution is 5.69. The molecule has 21 heavy (non-hydrogen) atoms. The molecule has 0 atom stereocenters. The third-order valence-corrected chi connectivity index (χ3v) is 5.14. The van der Waals surface area contributed by atoms with Crippen LogP contribution in [-0.4, -0.2) is 28.8 Å². The third kappa shape index (κ3) is 2.74. The number of amides is 1. The highest BCUT2D eigenvalue weighted by Gasteiger charge is 2.57. The molecule has 0 N–H and O–H groups in total. The zero-order valence-corrected chi connectivity index (χ0v) is 13.1. The zero-order valence-electron chi connectivity index (χ0n) is 13.1. The summed E-state index contributed by atoms with van der Waals surface area (Å²) >= 11 is 0. The van der Waals surface area contributed by atoms with E-state index in [9.17, 15) is 9.59 Å². The number of nitrogens with zero attached hydrogens (tertiary/aromatic N) is 1. The van der Waals surface area contributed by atoms with Gasteiger partial charge in [-0.3, -0.25) is 4.79 Å². The Bertz CT molecular complexity index is 405. The van der Waals surface area contributed by atoms with E-state index in [1.807, 2.05) is 20.8 Å². The summed E-state index contributed by atoms with van der Waals surface area (Å²) in [5.74, 6) is 1.99. The second-order valence-electron chi connectivity index (χ2n) is 8.12. The first-order valence-corrected chi connectivity index (χ1v) is 7.95. The minimum absolute atomic E-state index is 0.335. The van der Waals surface area contributed by atoms with Gasteiger partial charge in [-0.25, -0.2) is 4.79 Å². The first-order valence-electron chi connectivity index (χ1n) is 7.95. The quantitative estimate of drug-likeness (QED) is 0.592. The van der Waals surface area contributed by atoms with E-state index in [2.05, 4.69) is 0 Å². The largest absolute Gasteiger partial charge is 0.444 e. The maximum Gasteiger partial charge on any atom is 0.444 e. The van der Waals surface area contributed by atoms with Gasteiger partial charge in [0.1, 0.15) is 5.60 Å². The lowest BCUT2D eigenvalue weighted by molar-refractivity contribution is -0.226. The lowest BCUT2D eigenvalue weighted by atomic mass is 9.53. The number of hydrogen-bond acceptors (Lipinski definition) is 4. The van der Waals surface area contributed by atoms with E-state index in [0.717, 1.165) is 19.3 Å². The molecule has 0 heterocycles. The lowest BCUT2D eigenvalue weighted by Crippen LogP contribution is -2.61. The summed E-state index contributed by atoms with van der Waals surface area (Å²) in [7, 11) is 0. The van der Waals surface area contributed by atoms with Crippen LogP contribution in [0.3, 0.4) is 0 Å². The predicted molar refractivity (Wildman–Crippen MR) is 76.1 cm³/mol. The van der Waals surface area contributed by atoms with Gasteiger partial charge in [0.15, 0.2) is 0 Å². The van der Waals surface area contributed by atoms with Gasteiger partial charge in [-0.2, -0.15) is 0 Å². The number of rotatable bonds is 3. The molecule has 4 bridgehead atoms. The van der Waals surface area contributed by atoms with Crippen LogP contribution in [0.5, 0.6) is 0 Å². The van der Waals surface area contributed by atoms with Crippen LogP contribution in [0.2, 0.25) is 0 Å². The van der Waals surface area contributed by atoms with Gasteiger partial charge in [0.05, 0.1) is 5.54 Å². The third-order valence-electron chi connectivity index (χ3n) is 5.14. The molecule has 4 rings (SSSR count). The average molecular weight is 295 g/mol. The van der Waals surface area contributed by atoms with E-state index in [1.165, 1.54) is 24.3 Å². The molecule has 1 amide bonds. The van der Waals surface area contributed by atoms with Gasteiger partial charge in [0.2, 0.25) is 0 Å². The second kappa shape index (κ2) is 4.89. The van der Waals surface area contributed by atoms with Crippen molar-refractivity contribution in [1.29, 1.82) is 0 Å². The second-order valence-corrected chi connectivity index (χ2v) is 8.12. The van der Waals surface area contributed by atoms with Crippen molar-refractivity contribution in [3.8, 4) is 0 Å². The van der Waals surface area contributed by atoms with E-state index in [4.69, 9.17) is 9.57 Å². The van der Waals surface area contributed by atoms with Crippen molar-refractivity contribution in [3.63, 3.8) is 0 Å². The molecule has 5 heteroatoms. The van der Waals surface area contributed by atoms with Crippen molar-refractivity contribution < 1.29 is 19.2 Å². The number of carbonyl (C=O) groups excluding carboxylic acids is 2. The van der Waals surface area contributed by atoms with Crippen LogP contribution in [-0.2, 0) is 14.4 Å². The van der Waals surface area contributed by atoms with Gasteiger partial charge in [0, 0.05) is 0 Å². The number of ether oxygens (including phenoxy) is 1. The predicted octanol–water partition coefficient (Wildman–Crippen LogP) is 3.28. The molecule has 118 valence electrons. The fraction of sp³-hybridized carbons (Fsp3) is 0.875. The van der Waals surface area contributed by atoms with Gasteiger partial charge in [0.25, 0.3) is 0 Å². The molecular formula is C16H25NO4. The smallest absolute Gasteiger partial charge is 0.442 e. The minimum atomic E-state index is -0.593. The Morgan fingerprint density at radius 3 is 1.95 bits per heavy atom. The molecule has 5 nitrogen and oxygen atoms in total. The normalized spacial score (nSPS) is 37.2. The van der Waals surface area contributed by atoms with Crippen LogP contribution in [0.15, 0.2) is 0 Å². The number of hydrogen-bond donors (Lipinski definition) is 0. The van der Waals surface area contributed by atoms with Crippen LogP contribution in [0.25, 0.3) is 0 Å². The molecular weight excluding hydrogens is 270 g/mol. The van der Waals surface area contributed by atoms with E-state index in [1.54, 1.807) is 0 Å². The highest BCUT2D eigenvalue weighted by atomic mass is 16.7. The van der Waals surface area contributed by atoms with Crippen molar-refractivity contribution in [1.82, 2.24) is 5.06 Å². The number of hydroxylamine groups is 2. The maximum atomic E-state index is 12.5. The molecule has 0 aliphatic heterocycles. The SMILES string of the molecule is CC(C)(C)OC(=O)N(OC=O)C12CC3CC(CC(C3)C1)C2. The summed E-state index contributed by atoms with van der Waals surface area (Å²) in [6.45, 7) is 5.82. The van der Waals surface area contributed by atoms with Crippen molar-refractivity contribution in [3.05, 3.63) is 0 Å². The van der Waals surface area contributed by atoms with Crippen molar-refractivity contribution in [2.45, 2.75) is 70.4 Å². The number of carbonyl (C=O) groups is 2. The van der Waals surface area contributed by atoms with Crippen LogP contribution >= 0.6 is 0 Å². The van der Waals surface area contributed by atoms with Crippen LogP contribution in [0.1, 0.15) is 59.3 Å². The maximum absolute atomic E-state index is 12.5. The zero-order chi connectivity index (χ0) is 15.3. The molecule has 0 aromatic heterocycles. The van der Waals surface area contributed by atoms with Crippen LogP contribution in [0.4, 0.5) is 4.79 Å². The van der Waals surface area contributed by atoms with E-state index >= 15 is 0 Å². The first kappa shape index (κ1) is 14.7. The fourth-order valence-corrected chi connectivity index (χ4v) is 5.01. The Hall–Kier alpha value is -1.26. The summed E-state index contributed by atoms with van der Waals surface area (Å²) in [5.41, 5.74) is -0.929. The van der Waals surface area contributed by atoms with E-state index < -0.39 is 11.7 Å². The summed E-state index contributed by atoms with van der Waals surface area (Å²) in [6.07, 6.45) is 6.08. The van der Waals surface area contributed by atoms with Gasteiger partial charge in [-0.15, -0.1) is 5.06 Å². The summed E-state index contributed by atoms with van der Waals surface area (Å²) < 4.78 is 5.45. The Balaban J connectivity index is 1.83. The van der Waals surface area contributed by atoms with Crippen molar-refractivity contribution >= 4 is 12.6 Å². The van der Waals surface area contributed by atoms with Gasteiger partial charge in [-0.05, 0) is 77.0 Å². The Labute approximate surface area is 125 Å². The standard InChI is InChI=1S/C16H25NO4/c1-15(2,3)21-14(19)17(20-10-18)16-7-11-4-12(8-16)6-13(5-11)9-16/h10-13H,4-9H2,1-3H3. The van der Waals surface area contributed by atoms with E-state index in [0.29, 0.717) is 24.2 Å². The molecule has 0 aromatic carbocycles. The Morgan fingerprint density at radius 1 is 1.10 bits per heavy atom. The highest BCUT2D eigenvalue weighted by Crippen LogP contribution is 2.58. The average Bonchev–Trinajstić information content (AvgIpc) is 2.31. The molecule has 0 radical (unpaired) electrons. The molecule has 4 aliphatic rings. The lowest BCUT2D eigenvalue weighted by Gasteiger charge is -2.58. The molecule has 0 aromatic rings. The molecule has 0 spiro atoms.